The van der Waals surface area contributed by atoms with Crippen molar-refractivity contribution in [3.05, 3.63) is 63.7 Å². The molecule has 0 bridgehead atoms. The van der Waals surface area contributed by atoms with Crippen molar-refractivity contribution in [3.63, 3.8) is 0 Å². The van der Waals surface area contributed by atoms with E-state index in [1.807, 2.05) is 30.3 Å². The Morgan fingerprint density at radius 1 is 1.17 bits per heavy atom. The molecule has 1 fully saturated rings. The third-order valence-electron chi connectivity index (χ3n) is 5.37. The molecule has 0 aliphatic carbocycles. The number of carbonyl (C=O) groups excluding carboxylic acids is 2. The van der Waals surface area contributed by atoms with Crippen molar-refractivity contribution >= 4 is 17.5 Å². The lowest BCUT2D eigenvalue weighted by Crippen LogP contribution is -2.58. The van der Waals surface area contributed by atoms with Crippen LogP contribution in [0.2, 0.25) is 0 Å². The van der Waals surface area contributed by atoms with Gasteiger partial charge in [-0.05, 0) is 49.9 Å². The molecule has 2 amide bonds. The number of hydrogen-bond donors (Lipinski definition) is 0. The number of benzene rings is 1. The third-order valence-corrected chi connectivity index (χ3v) is 5.37. The Labute approximate surface area is 171 Å². The van der Waals surface area contributed by atoms with E-state index >= 15 is 0 Å². The summed E-state index contributed by atoms with van der Waals surface area (Å²) in [6, 6.07) is 10.5. The highest BCUT2D eigenvalue weighted by molar-refractivity contribution is 6.03. The molecule has 2 aromatic rings. The molecule has 0 spiro atoms. The lowest BCUT2D eigenvalue weighted by atomic mass is 10.0. The number of nitrogens with zero attached hydrogens (tertiary/aromatic N) is 2. The quantitative estimate of drug-likeness (QED) is 0.776. The number of piperazine rings is 1. The molecule has 1 aliphatic heterocycles. The van der Waals surface area contributed by atoms with Crippen molar-refractivity contribution in [1.29, 1.82) is 0 Å². The molecular weight excluding hydrogens is 368 g/mol. The number of carbonyl (C=O) groups is 2. The molecule has 1 aromatic heterocycles. The van der Waals surface area contributed by atoms with E-state index in [9.17, 15) is 14.4 Å². The van der Waals surface area contributed by atoms with Crippen molar-refractivity contribution in [2.24, 2.45) is 5.92 Å². The first-order chi connectivity index (χ1) is 13.8. The van der Waals surface area contributed by atoms with Gasteiger partial charge in [-0.15, -0.1) is 0 Å². The Morgan fingerprint density at radius 3 is 2.48 bits per heavy atom. The van der Waals surface area contributed by atoms with Crippen LogP contribution in [0.5, 0.6) is 0 Å². The number of anilines is 1. The van der Waals surface area contributed by atoms with Crippen molar-refractivity contribution in [1.82, 2.24) is 4.90 Å². The lowest BCUT2D eigenvalue weighted by Gasteiger charge is -2.39. The van der Waals surface area contributed by atoms with E-state index in [0.29, 0.717) is 36.8 Å². The minimum atomic E-state index is -0.657. The van der Waals surface area contributed by atoms with Crippen LogP contribution >= 0.6 is 0 Å². The van der Waals surface area contributed by atoms with Gasteiger partial charge in [-0.25, -0.2) is 4.79 Å². The minimum Gasteiger partial charge on any atom is -0.427 e. The van der Waals surface area contributed by atoms with Crippen LogP contribution in [-0.2, 0) is 11.2 Å². The van der Waals surface area contributed by atoms with Gasteiger partial charge in [0.05, 0.1) is 0 Å². The van der Waals surface area contributed by atoms with Crippen LogP contribution in [0.15, 0.2) is 45.6 Å². The van der Waals surface area contributed by atoms with E-state index < -0.39 is 17.6 Å². The van der Waals surface area contributed by atoms with Crippen LogP contribution in [-0.4, -0.2) is 35.8 Å². The molecule has 6 heteroatoms. The fourth-order valence-electron chi connectivity index (χ4n) is 3.64. The first-order valence-corrected chi connectivity index (χ1v) is 10.1. The second kappa shape index (κ2) is 8.64. The number of amides is 2. The van der Waals surface area contributed by atoms with Crippen LogP contribution in [0.1, 0.15) is 48.9 Å². The fraction of sp³-hybridized carbons (Fsp3) is 0.435. The number of para-hydroxylation sites is 1. The van der Waals surface area contributed by atoms with Crippen LogP contribution in [0.4, 0.5) is 5.69 Å². The Hall–Kier alpha value is -2.89. The average Bonchev–Trinajstić information content (AvgIpc) is 2.68. The SMILES string of the molecule is Cc1cc(CCC(C)C)oc(=O)c1C(=O)N1CCN(c2ccccc2)C(=O)C1C. The normalized spacial score (nSPS) is 17.1. The van der Waals surface area contributed by atoms with Crippen molar-refractivity contribution < 1.29 is 14.0 Å². The van der Waals surface area contributed by atoms with Gasteiger partial charge in [0.25, 0.3) is 5.91 Å². The van der Waals surface area contributed by atoms with E-state index in [4.69, 9.17) is 4.42 Å². The van der Waals surface area contributed by atoms with E-state index in [0.717, 1.165) is 12.1 Å². The van der Waals surface area contributed by atoms with Crippen molar-refractivity contribution in [3.8, 4) is 0 Å². The van der Waals surface area contributed by atoms with Crippen LogP contribution in [0, 0.1) is 12.8 Å². The van der Waals surface area contributed by atoms with E-state index in [1.54, 1.807) is 24.8 Å². The summed E-state index contributed by atoms with van der Waals surface area (Å²) in [6.07, 6.45) is 1.56. The predicted molar refractivity (Wildman–Crippen MR) is 112 cm³/mol. The number of hydrogen-bond acceptors (Lipinski definition) is 4. The predicted octanol–water partition coefficient (Wildman–Crippen LogP) is 3.41. The highest BCUT2D eigenvalue weighted by atomic mass is 16.4. The summed E-state index contributed by atoms with van der Waals surface area (Å²) < 4.78 is 5.41. The largest absolute Gasteiger partial charge is 0.427 e. The van der Waals surface area contributed by atoms with Crippen LogP contribution in [0.25, 0.3) is 0 Å². The van der Waals surface area contributed by atoms with Gasteiger partial charge in [0.2, 0.25) is 5.91 Å². The summed E-state index contributed by atoms with van der Waals surface area (Å²) in [7, 11) is 0. The van der Waals surface area contributed by atoms with Gasteiger partial charge in [-0.3, -0.25) is 9.59 Å². The maximum absolute atomic E-state index is 13.1. The van der Waals surface area contributed by atoms with Gasteiger partial charge in [-0.2, -0.15) is 0 Å². The van der Waals surface area contributed by atoms with Crippen molar-refractivity contribution in [2.45, 2.75) is 46.6 Å². The maximum Gasteiger partial charge on any atom is 0.349 e. The summed E-state index contributed by atoms with van der Waals surface area (Å²) in [5.41, 5.74) is 0.793. The molecule has 154 valence electrons. The maximum atomic E-state index is 13.1. The molecule has 1 aromatic carbocycles. The van der Waals surface area contributed by atoms with E-state index in [2.05, 4.69) is 13.8 Å². The third kappa shape index (κ3) is 4.42. The molecule has 0 N–H and O–H groups in total. The standard InChI is InChI=1S/C23H28N2O4/c1-15(2)10-11-19-14-16(3)20(23(28)29-19)22(27)24-12-13-25(21(26)17(24)4)18-8-6-5-7-9-18/h5-9,14-15,17H,10-13H2,1-4H3. The highest BCUT2D eigenvalue weighted by Crippen LogP contribution is 2.22. The second-order valence-corrected chi connectivity index (χ2v) is 7.99. The smallest absolute Gasteiger partial charge is 0.349 e. The Morgan fingerprint density at radius 2 is 1.86 bits per heavy atom. The molecule has 1 saturated heterocycles. The van der Waals surface area contributed by atoms with Crippen LogP contribution < -0.4 is 10.5 Å². The Kier molecular flexibility index (Phi) is 6.20. The van der Waals surface area contributed by atoms with Gasteiger partial charge < -0.3 is 14.2 Å². The summed E-state index contributed by atoms with van der Waals surface area (Å²) in [6.45, 7) is 8.40. The molecule has 0 radical (unpaired) electrons. The monoisotopic (exact) mass is 396 g/mol. The number of rotatable bonds is 5. The highest BCUT2D eigenvalue weighted by Gasteiger charge is 2.36. The first-order valence-electron chi connectivity index (χ1n) is 10.1. The Balaban J connectivity index is 1.80. The summed E-state index contributed by atoms with van der Waals surface area (Å²) in [5, 5.41) is 0. The van der Waals surface area contributed by atoms with E-state index in [-0.39, 0.29) is 11.5 Å². The molecule has 1 aliphatic rings. The molecule has 1 atom stereocenters. The van der Waals surface area contributed by atoms with Crippen molar-refractivity contribution in [2.75, 3.05) is 18.0 Å². The molecular formula is C23H28N2O4. The molecule has 2 heterocycles. The van der Waals surface area contributed by atoms with Gasteiger partial charge in [-0.1, -0.05) is 32.0 Å². The second-order valence-electron chi connectivity index (χ2n) is 7.99. The zero-order valence-electron chi connectivity index (χ0n) is 17.5. The Bertz CT molecular complexity index is 949. The van der Waals surface area contributed by atoms with Gasteiger partial charge in [0, 0.05) is 25.2 Å². The molecule has 3 rings (SSSR count). The molecule has 1 unspecified atom stereocenters. The minimum absolute atomic E-state index is 0.0195. The van der Waals surface area contributed by atoms with Gasteiger partial charge in [0.1, 0.15) is 17.4 Å². The van der Waals surface area contributed by atoms with Gasteiger partial charge >= 0.3 is 5.63 Å². The molecule has 0 saturated carbocycles. The molecule has 6 nitrogen and oxygen atoms in total. The topological polar surface area (TPSA) is 70.8 Å². The summed E-state index contributed by atoms with van der Waals surface area (Å²) in [4.78, 5) is 41.7. The van der Waals surface area contributed by atoms with E-state index in [1.165, 1.54) is 4.90 Å². The molecule has 29 heavy (non-hydrogen) atoms. The zero-order valence-corrected chi connectivity index (χ0v) is 17.5. The lowest BCUT2D eigenvalue weighted by molar-refractivity contribution is -0.124. The summed E-state index contributed by atoms with van der Waals surface area (Å²) in [5.74, 6) is 0.483. The number of aryl methyl sites for hydroxylation is 2. The average molecular weight is 396 g/mol. The van der Waals surface area contributed by atoms with Gasteiger partial charge in [0.15, 0.2) is 0 Å². The first kappa shape index (κ1) is 20.8. The van der Waals surface area contributed by atoms with Crippen LogP contribution in [0.3, 0.4) is 0 Å². The fourth-order valence-corrected chi connectivity index (χ4v) is 3.64. The summed E-state index contributed by atoms with van der Waals surface area (Å²) >= 11 is 0. The zero-order chi connectivity index (χ0) is 21.1.